The number of imidazole rings is 1. The van der Waals surface area contributed by atoms with Crippen molar-refractivity contribution >= 4 is 34.9 Å². The molecule has 1 N–H and O–H groups in total. The molecule has 1 heterocycles. The highest BCUT2D eigenvalue weighted by atomic mass is 32.2. The zero-order chi connectivity index (χ0) is 19.9. The molecule has 0 spiro atoms. The third kappa shape index (κ3) is 4.45. The zero-order valence-electron chi connectivity index (χ0n) is 16.0. The van der Waals surface area contributed by atoms with Crippen LogP contribution in [0.1, 0.15) is 12.5 Å². The summed E-state index contributed by atoms with van der Waals surface area (Å²) in [5, 5.41) is 4.84. The highest BCUT2D eigenvalue weighted by molar-refractivity contribution is 7.99. The molecule has 0 aliphatic heterocycles. The summed E-state index contributed by atoms with van der Waals surface area (Å²) in [4.78, 5) is 16.7. The molecule has 8 heteroatoms. The number of aromatic nitrogens is 2. The molecule has 2 aromatic carbocycles. The number of aryl methyl sites for hydroxylation is 1. The fourth-order valence-corrected chi connectivity index (χ4v) is 3.60. The molecular formula is C20H22N4O3S. The SMILES string of the molecule is CCn1c(SCC(=O)NN=Cc2ccc(OC)cc2OC)nc2ccccc21. The van der Waals surface area contributed by atoms with Gasteiger partial charge < -0.3 is 14.0 Å². The third-order valence-corrected chi connectivity index (χ3v) is 5.08. The van der Waals surface area contributed by atoms with Gasteiger partial charge in [0.15, 0.2) is 5.16 Å². The van der Waals surface area contributed by atoms with Crippen molar-refractivity contribution in [1.82, 2.24) is 15.0 Å². The molecule has 1 aromatic heterocycles. The molecule has 146 valence electrons. The first-order valence-electron chi connectivity index (χ1n) is 8.78. The van der Waals surface area contributed by atoms with Crippen LogP contribution in [0.3, 0.4) is 0 Å². The van der Waals surface area contributed by atoms with Crippen molar-refractivity contribution in [2.24, 2.45) is 5.10 Å². The van der Waals surface area contributed by atoms with Crippen LogP contribution >= 0.6 is 11.8 Å². The van der Waals surface area contributed by atoms with Crippen LogP contribution in [0, 0.1) is 0 Å². The number of thioether (sulfide) groups is 1. The van der Waals surface area contributed by atoms with E-state index in [0.717, 1.165) is 28.3 Å². The summed E-state index contributed by atoms with van der Waals surface area (Å²) in [7, 11) is 3.16. The molecule has 3 aromatic rings. The largest absolute Gasteiger partial charge is 0.497 e. The third-order valence-electron chi connectivity index (χ3n) is 4.10. The lowest BCUT2D eigenvalue weighted by atomic mass is 10.2. The first-order valence-corrected chi connectivity index (χ1v) is 9.76. The number of rotatable bonds is 8. The Labute approximate surface area is 167 Å². The Bertz CT molecular complexity index is 1000. The van der Waals surface area contributed by atoms with Crippen molar-refractivity contribution in [3.8, 4) is 11.5 Å². The van der Waals surface area contributed by atoms with Gasteiger partial charge in [0.05, 0.1) is 37.2 Å². The molecular weight excluding hydrogens is 376 g/mol. The van der Waals surface area contributed by atoms with E-state index in [1.54, 1.807) is 32.6 Å². The van der Waals surface area contributed by atoms with Gasteiger partial charge in [-0.05, 0) is 31.2 Å². The second-order valence-electron chi connectivity index (χ2n) is 5.82. The van der Waals surface area contributed by atoms with E-state index in [0.29, 0.717) is 11.5 Å². The molecule has 1 amide bonds. The van der Waals surface area contributed by atoms with Crippen LogP contribution in [0.2, 0.25) is 0 Å². The average Bonchev–Trinajstić information content (AvgIpc) is 3.09. The summed E-state index contributed by atoms with van der Waals surface area (Å²) in [6.45, 7) is 2.85. The Hall–Kier alpha value is -3.00. The molecule has 0 saturated carbocycles. The van der Waals surface area contributed by atoms with Gasteiger partial charge in [-0.2, -0.15) is 5.10 Å². The van der Waals surface area contributed by atoms with E-state index in [1.807, 2.05) is 30.3 Å². The van der Waals surface area contributed by atoms with Gasteiger partial charge in [0.1, 0.15) is 11.5 Å². The topological polar surface area (TPSA) is 77.7 Å². The van der Waals surface area contributed by atoms with Crippen molar-refractivity contribution in [2.75, 3.05) is 20.0 Å². The van der Waals surface area contributed by atoms with E-state index >= 15 is 0 Å². The van der Waals surface area contributed by atoms with Crippen LogP contribution in [0.25, 0.3) is 11.0 Å². The highest BCUT2D eigenvalue weighted by Gasteiger charge is 2.11. The predicted molar refractivity (Wildman–Crippen MR) is 111 cm³/mol. The minimum atomic E-state index is -0.205. The number of methoxy groups -OCH3 is 2. The van der Waals surface area contributed by atoms with E-state index < -0.39 is 0 Å². The standard InChI is InChI=1S/C20H22N4O3S/c1-4-24-17-8-6-5-7-16(17)22-20(24)28-13-19(25)23-21-12-14-9-10-15(26-2)11-18(14)27-3/h5-12H,4,13H2,1-3H3,(H,23,25). The second kappa shape index (κ2) is 9.27. The van der Waals surface area contributed by atoms with Crippen LogP contribution < -0.4 is 14.9 Å². The van der Waals surface area contributed by atoms with Crippen LogP contribution in [0.5, 0.6) is 11.5 Å². The Morgan fingerprint density at radius 1 is 1.25 bits per heavy atom. The predicted octanol–water partition coefficient (Wildman–Crippen LogP) is 3.32. The number of ether oxygens (including phenoxy) is 2. The fraction of sp³-hybridized carbons (Fsp3) is 0.250. The Balaban J connectivity index is 1.60. The maximum atomic E-state index is 12.1. The number of nitrogens with one attached hydrogen (secondary N) is 1. The van der Waals surface area contributed by atoms with Gasteiger partial charge in [-0.3, -0.25) is 4.79 Å². The summed E-state index contributed by atoms with van der Waals surface area (Å²) >= 11 is 1.39. The van der Waals surface area contributed by atoms with Crippen molar-refractivity contribution < 1.29 is 14.3 Å². The minimum Gasteiger partial charge on any atom is -0.497 e. The van der Waals surface area contributed by atoms with Crippen LogP contribution in [-0.4, -0.2) is 41.6 Å². The lowest BCUT2D eigenvalue weighted by Crippen LogP contribution is -2.20. The first kappa shape index (κ1) is 19.8. The van der Waals surface area contributed by atoms with Crippen molar-refractivity contribution in [2.45, 2.75) is 18.6 Å². The monoisotopic (exact) mass is 398 g/mol. The number of hydrogen-bond donors (Lipinski definition) is 1. The maximum absolute atomic E-state index is 12.1. The molecule has 0 aliphatic carbocycles. The summed E-state index contributed by atoms with van der Waals surface area (Å²) in [5.41, 5.74) is 5.27. The molecule has 0 fully saturated rings. The number of para-hydroxylation sites is 2. The molecule has 0 unspecified atom stereocenters. The fourth-order valence-electron chi connectivity index (χ4n) is 2.73. The molecule has 3 rings (SSSR count). The van der Waals surface area contributed by atoms with Crippen molar-refractivity contribution in [3.05, 3.63) is 48.0 Å². The number of benzene rings is 2. The molecule has 0 atom stereocenters. The van der Waals surface area contributed by atoms with E-state index in [-0.39, 0.29) is 11.7 Å². The quantitative estimate of drug-likeness (QED) is 0.358. The number of amides is 1. The lowest BCUT2D eigenvalue weighted by molar-refractivity contribution is -0.118. The molecule has 0 bridgehead atoms. The normalized spacial score (nSPS) is 11.1. The molecule has 0 radical (unpaired) electrons. The number of fused-ring (bicyclic) bond motifs is 1. The molecule has 7 nitrogen and oxygen atoms in total. The zero-order valence-corrected chi connectivity index (χ0v) is 16.8. The van der Waals surface area contributed by atoms with Gasteiger partial charge in [-0.25, -0.2) is 10.4 Å². The summed E-state index contributed by atoms with van der Waals surface area (Å²) in [6.07, 6.45) is 1.54. The van der Waals surface area contributed by atoms with Gasteiger partial charge in [0.2, 0.25) is 0 Å². The van der Waals surface area contributed by atoms with E-state index in [4.69, 9.17) is 9.47 Å². The minimum absolute atomic E-state index is 0.205. The summed E-state index contributed by atoms with van der Waals surface area (Å²) in [5.74, 6) is 1.32. The van der Waals surface area contributed by atoms with Crippen molar-refractivity contribution in [1.29, 1.82) is 0 Å². The van der Waals surface area contributed by atoms with E-state index in [2.05, 4.69) is 27.0 Å². The molecule has 28 heavy (non-hydrogen) atoms. The van der Waals surface area contributed by atoms with Crippen LogP contribution in [0.4, 0.5) is 0 Å². The average molecular weight is 398 g/mol. The summed E-state index contributed by atoms with van der Waals surface area (Å²) < 4.78 is 12.6. The number of nitrogens with zero attached hydrogens (tertiary/aromatic N) is 3. The summed E-state index contributed by atoms with van der Waals surface area (Å²) in [6, 6.07) is 13.3. The van der Waals surface area contributed by atoms with Gasteiger partial charge in [0.25, 0.3) is 5.91 Å². The number of carbonyl (C=O) groups is 1. The highest BCUT2D eigenvalue weighted by Crippen LogP contribution is 2.24. The Morgan fingerprint density at radius 3 is 2.82 bits per heavy atom. The smallest absolute Gasteiger partial charge is 0.250 e. The first-order chi connectivity index (χ1) is 13.7. The van der Waals surface area contributed by atoms with Crippen LogP contribution in [0.15, 0.2) is 52.7 Å². The number of hydrazone groups is 1. The Morgan fingerprint density at radius 2 is 2.07 bits per heavy atom. The van der Waals surface area contributed by atoms with Gasteiger partial charge in [-0.15, -0.1) is 0 Å². The van der Waals surface area contributed by atoms with Gasteiger partial charge in [-0.1, -0.05) is 23.9 Å². The van der Waals surface area contributed by atoms with E-state index in [1.165, 1.54) is 11.8 Å². The molecule has 0 aliphatic rings. The van der Waals surface area contributed by atoms with Crippen LogP contribution in [-0.2, 0) is 11.3 Å². The second-order valence-corrected chi connectivity index (χ2v) is 6.76. The van der Waals surface area contributed by atoms with Gasteiger partial charge in [0, 0.05) is 18.2 Å². The van der Waals surface area contributed by atoms with Crippen molar-refractivity contribution in [3.63, 3.8) is 0 Å². The Kier molecular flexibility index (Phi) is 6.54. The number of hydrogen-bond acceptors (Lipinski definition) is 6. The lowest BCUT2D eigenvalue weighted by Gasteiger charge is -2.07. The molecule has 0 saturated heterocycles. The van der Waals surface area contributed by atoms with Gasteiger partial charge >= 0.3 is 0 Å². The maximum Gasteiger partial charge on any atom is 0.250 e. The number of carbonyl (C=O) groups excluding carboxylic acids is 1. The van der Waals surface area contributed by atoms with E-state index in [9.17, 15) is 4.79 Å².